The van der Waals surface area contributed by atoms with E-state index in [1.807, 2.05) is 0 Å². The van der Waals surface area contributed by atoms with Gasteiger partial charge in [0.1, 0.15) is 0 Å². The molecule has 1 heteroatoms. The fourth-order valence-corrected chi connectivity index (χ4v) is 7.34. The highest BCUT2D eigenvalue weighted by molar-refractivity contribution is 6.10. The number of aryl methyl sites for hydroxylation is 1. The van der Waals surface area contributed by atoms with Crippen molar-refractivity contribution in [3.05, 3.63) is 161 Å². The summed E-state index contributed by atoms with van der Waals surface area (Å²) in [5.74, 6) is 0. The molecule has 1 nitrogen and oxygen atoms in total. The molecule has 0 radical (unpaired) electrons. The number of fused-ring (bicyclic) bond motifs is 3. The highest BCUT2D eigenvalue weighted by atomic mass is 16.3. The minimum absolute atomic E-state index is 0.525. The van der Waals surface area contributed by atoms with E-state index in [0.29, 0.717) is 6.42 Å². The second-order valence-corrected chi connectivity index (χ2v) is 12.0. The van der Waals surface area contributed by atoms with Gasteiger partial charge in [-0.3, -0.25) is 0 Å². The Hall–Kier alpha value is -4.98. The van der Waals surface area contributed by atoms with Gasteiger partial charge in [-0.1, -0.05) is 133 Å². The number of benzene rings is 6. The van der Waals surface area contributed by atoms with Crippen LogP contribution in [0, 0.1) is 6.92 Å². The van der Waals surface area contributed by atoms with E-state index in [4.69, 9.17) is 0 Å². The molecule has 0 aliphatic heterocycles. The molecule has 1 unspecified atom stereocenters. The van der Waals surface area contributed by atoms with Crippen LogP contribution in [0.3, 0.4) is 0 Å². The fourth-order valence-electron chi connectivity index (χ4n) is 7.34. The Kier molecular flexibility index (Phi) is 6.62. The Morgan fingerprint density at radius 1 is 0.636 bits per heavy atom. The number of rotatable bonds is 4. The summed E-state index contributed by atoms with van der Waals surface area (Å²) in [6, 6.07) is 41.4. The smallest absolute Gasteiger partial charge is 0.0830 e. The van der Waals surface area contributed by atoms with Gasteiger partial charge < -0.3 is 5.11 Å². The SMILES string of the molecule is Cc1c(C2=CC(c3c4c(c(-c5ccc(-c6ccccc6)cc5)c5ccccc35)C=CCC4)=CCC2O)ccc2ccccc12. The maximum Gasteiger partial charge on any atom is 0.0830 e. The summed E-state index contributed by atoms with van der Waals surface area (Å²) in [7, 11) is 0. The van der Waals surface area contributed by atoms with Crippen molar-refractivity contribution < 1.29 is 5.11 Å². The van der Waals surface area contributed by atoms with E-state index < -0.39 is 6.10 Å². The van der Waals surface area contributed by atoms with E-state index in [9.17, 15) is 5.11 Å². The molecule has 0 saturated heterocycles. The van der Waals surface area contributed by atoms with Gasteiger partial charge in [-0.15, -0.1) is 0 Å². The number of hydrogen-bond acceptors (Lipinski definition) is 1. The minimum atomic E-state index is -0.525. The highest BCUT2D eigenvalue weighted by Crippen LogP contribution is 2.45. The Bertz CT molecular complexity index is 2140. The lowest BCUT2D eigenvalue weighted by atomic mass is 9.78. The van der Waals surface area contributed by atoms with E-state index >= 15 is 0 Å². The molecule has 44 heavy (non-hydrogen) atoms. The van der Waals surface area contributed by atoms with Crippen LogP contribution in [0.5, 0.6) is 0 Å². The molecule has 2 aliphatic rings. The Balaban J connectivity index is 1.31. The van der Waals surface area contributed by atoms with Crippen molar-refractivity contribution in [1.29, 1.82) is 0 Å². The summed E-state index contributed by atoms with van der Waals surface area (Å²) in [6.07, 6.45) is 11.3. The monoisotopic (exact) mass is 566 g/mol. The van der Waals surface area contributed by atoms with Crippen molar-refractivity contribution >= 4 is 38.8 Å². The summed E-state index contributed by atoms with van der Waals surface area (Å²) in [5.41, 5.74) is 13.6. The van der Waals surface area contributed by atoms with Crippen molar-refractivity contribution in [3.8, 4) is 22.3 Å². The van der Waals surface area contributed by atoms with Crippen LogP contribution >= 0.6 is 0 Å². The average molecular weight is 567 g/mol. The summed E-state index contributed by atoms with van der Waals surface area (Å²) >= 11 is 0. The van der Waals surface area contributed by atoms with Crippen LogP contribution in [0.1, 0.15) is 40.7 Å². The van der Waals surface area contributed by atoms with Gasteiger partial charge in [0, 0.05) is 0 Å². The minimum Gasteiger partial charge on any atom is -0.388 e. The molecule has 2 aliphatic carbocycles. The lowest BCUT2D eigenvalue weighted by molar-refractivity contribution is 0.235. The predicted molar refractivity (Wildman–Crippen MR) is 187 cm³/mol. The summed E-state index contributed by atoms with van der Waals surface area (Å²) in [6.45, 7) is 2.18. The lowest BCUT2D eigenvalue weighted by Gasteiger charge is -2.27. The quantitative estimate of drug-likeness (QED) is 0.225. The van der Waals surface area contributed by atoms with Gasteiger partial charge in [0.05, 0.1) is 6.10 Å². The van der Waals surface area contributed by atoms with Gasteiger partial charge in [0.25, 0.3) is 0 Å². The van der Waals surface area contributed by atoms with Gasteiger partial charge in [-0.25, -0.2) is 0 Å². The summed E-state index contributed by atoms with van der Waals surface area (Å²) in [4.78, 5) is 0. The topological polar surface area (TPSA) is 20.2 Å². The zero-order valence-corrected chi connectivity index (χ0v) is 24.9. The Morgan fingerprint density at radius 2 is 1.30 bits per heavy atom. The van der Waals surface area contributed by atoms with Crippen LogP contribution in [0.15, 0.2) is 133 Å². The molecule has 0 spiro atoms. The van der Waals surface area contributed by atoms with Gasteiger partial charge >= 0.3 is 0 Å². The Labute approximate surface area is 259 Å². The first kappa shape index (κ1) is 26.6. The molecule has 8 rings (SSSR count). The van der Waals surface area contributed by atoms with Gasteiger partial charge in [0.2, 0.25) is 0 Å². The van der Waals surface area contributed by atoms with Crippen molar-refractivity contribution in [2.24, 2.45) is 0 Å². The standard InChI is InChI=1S/C43H34O/c1-28-34-14-6-5-13-31(34)23-25-35(28)40-27-33(24-26-41(40)44)43-38-17-9-7-15-36(38)42(37-16-8-10-18-39(37)43)32-21-19-30(20-22-32)29-11-3-2-4-12-29/h2-9,11-17,19-25,27,41,44H,10,18,26H2,1H3. The molecule has 0 heterocycles. The molecule has 6 aromatic carbocycles. The zero-order chi connectivity index (χ0) is 29.6. The summed E-state index contributed by atoms with van der Waals surface area (Å²) in [5, 5.41) is 16.3. The number of aliphatic hydroxyl groups excluding tert-OH is 1. The van der Waals surface area contributed by atoms with Crippen LogP contribution in [-0.2, 0) is 6.42 Å². The second-order valence-electron chi connectivity index (χ2n) is 12.0. The molecule has 1 N–H and O–H groups in total. The number of hydrogen-bond donors (Lipinski definition) is 1. The largest absolute Gasteiger partial charge is 0.388 e. The van der Waals surface area contributed by atoms with Crippen molar-refractivity contribution in [2.75, 3.05) is 0 Å². The first-order valence-corrected chi connectivity index (χ1v) is 15.7. The average Bonchev–Trinajstić information content (AvgIpc) is 3.08. The normalized spacial score (nSPS) is 16.1. The zero-order valence-electron chi connectivity index (χ0n) is 24.9. The van der Waals surface area contributed by atoms with Gasteiger partial charge in [-0.05, 0) is 115 Å². The molecule has 1 atom stereocenters. The Morgan fingerprint density at radius 3 is 2.09 bits per heavy atom. The molecule has 0 bridgehead atoms. The van der Waals surface area contributed by atoms with Crippen LogP contribution in [0.25, 0.3) is 61.0 Å². The van der Waals surface area contributed by atoms with E-state index in [-0.39, 0.29) is 0 Å². The van der Waals surface area contributed by atoms with Crippen LogP contribution in [-0.4, -0.2) is 11.2 Å². The van der Waals surface area contributed by atoms with E-state index in [1.165, 1.54) is 71.6 Å². The molecule has 6 aromatic rings. The van der Waals surface area contributed by atoms with Crippen molar-refractivity contribution in [1.82, 2.24) is 0 Å². The van der Waals surface area contributed by atoms with E-state index in [2.05, 4.69) is 146 Å². The molecular weight excluding hydrogens is 532 g/mol. The number of allylic oxidation sites excluding steroid dienone is 3. The van der Waals surface area contributed by atoms with Gasteiger partial charge in [0.15, 0.2) is 0 Å². The maximum absolute atomic E-state index is 11.3. The summed E-state index contributed by atoms with van der Waals surface area (Å²) < 4.78 is 0. The van der Waals surface area contributed by atoms with E-state index in [0.717, 1.165) is 24.0 Å². The molecule has 0 fully saturated rings. The van der Waals surface area contributed by atoms with Crippen molar-refractivity contribution in [2.45, 2.75) is 32.3 Å². The maximum atomic E-state index is 11.3. The van der Waals surface area contributed by atoms with Crippen LogP contribution < -0.4 is 0 Å². The second kappa shape index (κ2) is 10.9. The molecular formula is C43H34O. The molecule has 212 valence electrons. The number of aliphatic hydroxyl groups is 1. The third kappa shape index (κ3) is 4.44. The third-order valence-electron chi connectivity index (χ3n) is 9.52. The van der Waals surface area contributed by atoms with Crippen LogP contribution in [0.2, 0.25) is 0 Å². The molecule has 0 saturated carbocycles. The molecule has 0 amide bonds. The first-order valence-electron chi connectivity index (χ1n) is 15.7. The first-order chi connectivity index (χ1) is 21.7. The predicted octanol–water partition coefficient (Wildman–Crippen LogP) is 10.8. The van der Waals surface area contributed by atoms with E-state index in [1.54, 1.807) is 0 Å². The fraction of sp³-hybridized carbons (Fsp3) is 0.116. The molecule has 0 aromatic heterocycles. The van der Waals surface area contributed by atoms with Crippen molar-refractivity contribution in [3.63, 3.8) is 0 Å². The lowest BCUT2D eigenvalue weighted by Crippen LogP contribution is -2.14. The van der Waals surface area contributed by atoms with Crippen LogP contribution in [0.4, 0.5) is 0 Å². The van der Waals surface area contributed by atoms with Gasteiger partial charge in [-0.2, -0.15) is 0 Å². The highest BCUT2D eigenvalue weighted by Gasteiger charge is 2.25. The third-order valence-corrected chi connectivity index (χ3v) is 9.52.